The number of fused-ring (bicyclic) bond motifs is 1. The van der Waals surface area contributed by atoms with Gasteiger partial charge in [0, 0.05) is 5.56 Å². The van der Waals surface area contributed by atoms with Gasteiger partial charge in [-0.1, -0.05) is 24.3 Å². The average molecular weight is 273 g/mol. The van der Waals surface area contributed by atoms with Crippen molar-refractivity contribution in [3.63, 3.8) is 0 Å². The van der Waals surface area contributed by atoms with Crippen LogP contribution in [0.25, 0.3) is 22.4 Å². The molecule has 0 saturated heterocycles. The van der Waals surface area contributed by atoms with Crippen LogP contribution in [0.2, 0.25) is 0 Å². The molecule has 0 fully saturated rings. The Bertz CT molecular complexity index is 729. The molecule has 0 N–H and O–H groups in total. The van der Waals surface area contributed by atoms with Crippen molar-refractivity contribution >= 4 is 33.7 Å². The lowest BCUT2D eigenvalue weighted by Crippen LogP contribution is -1.86. The van der Waals surface area contributed by atoms with E-state index in [1.807, 2.05) is 24.3 Å². The smallest absolute Gasteiger partial charge is 0.166 e. The Balaban J connectivity index is 1.96. The predicted molar refractivity (Wildman–Crippen MR) is 74.9 cm³/mol. The number of para-hydroxylation sites is 1. The molecule has 1 aromatic heterocycles. The molecule has 3 rings (SSSR count). The van der Waals surface area contributed by atoms with E-state index in [-0.39, 0.29) is 5.56 Å². The number of halogens is 2. The van der Waals surface area contributed by atoms with E-state index in [1.165, 1.54) is 29.5 Å². The van der Waals surface area contributed by atoms with Crippen LogP contribution in [0.5, 0.6) is 0 Å². The molecule has 94 valence electrons. The van der Waals surface area contributed by atoms with Gasteiger partial charge in [0.25, 0.3) is 0 Å². The minimum Gasteiger partial charge on any atom is -0.237 e. The maximum atomic E-state index is 13.5. The van der Waals surface area contributed by atoms with Gasteiger partial charge in [0.2, 0.25) is 0 Å². The van der Waals surface area contributed by atoms with E-state index in [4.69, 9.17) is 0 Å². The van der Waals surface area contributed by atoms with Crippen LogP contribution in [0, 0.1) is 11.6 Å². The van der Waals surface area contributed by atoms with Crippen LogP contribution in [0.1, 0.15) is 10.6 Å². The molecule has 0 spiro atoms. The Labute approximate surface area is 112 Å². The number of aromatic nitrogens is 1. The molecule has 0 saturated carbocycles. The Kier molecular flexibility index (Phi) is 3.09. The lowest BCUT2D eigenvalue weighted by atomic mass is 10.2. The molecule has 19 heavy (non-hydrogen) atoms. The van der Waals surface area contributed by atoms with Crippen molar-refractivity contribution in [1.82, 2.24) is 4.98 Å². The van der Waals surface area contributed by atoms with Crippen LogP contribution in [-0.2, 0) is 0 Å². The van der Waals surface area contributed by atoms with Gasteiger partial charge in [0.05, 0.1) is 10.2 Å². The SMILES string of the molecule is Fc1cccc(/C=C/c2nc3ccccc3s2)c1F. The molecule has 0 amide bonds. The number of benzene rings is 2. The molecule has 3 aromatic rings. The summed E-state index contributed by atoms with van der Waals surface area (Å²) in [6.07, 6.45) is 3.23. The Morgan fingerprint density at radius 2 is 1.79 bits per heavy atom. The molecule has 1 heterocycles. The fourth-order valence-electron chi connectivity index (χ4n) is 1.77. The summed E-state index contributed by atoms with van der Waals surface area (Å²) in [6, 6.07) is 11.9. The first kappa shape index (κ1) is 12.0. The highest BCUT2D eigenvalue weighted by molar-refractivity contribution is 7.19. The zero-order chi connectivity index (χ0) is 13.2. The molecular formula is C15H9F2NS. The first-order valence-corrected chi connectivity index (χ1v) is 6.53. The van der Waals surface area contributed by atoms with E-state index in [1.54, 1.807) is 6.08 Å². The van der Waals surface area contributed by atoms with Gasteiger partial charge in [-0.3, -0.25) is 0 Å². The minimum atomic E-state index is -0.841. The van der Waals surface area contributed by atoms with E-state index in [0.717, 1.165) is 21.3 Å². The van der Waals surface area contributed by atoms with Crippen LogP contribution in [0.3, 0.4) is 0 Å². The van der Waals surface area contributed by atoms with Crippen LogP contribution in [-0.4, -0.2) is 4.98 Å². The normalized spacial score (nSPS) is 11.5. The van der Waals surface area contributed by atoms with E-state index < -0.39 is 11.6 Å². The lowest BCUT2D eigenvalue weighted by molar-refractivity contribution is 0.507. The van der Waals surface area contributed by atoms with Crippen molar-refractivity contribution in [3.8, 4) is 0 Å². The molecule has 1 nitrogen and oxygen atoms in total. The monoisotopic (exact) mass is 273 g/mol. The van der Waals surface area contributed by atoms with Gasteiger partial charge in [-0.25, -0.2) is 13.8 Å². The largest absolute Gasteiger partial charge is 0.237 e. The van der Waals surface area contributed by atoms with Crippen molar-refractivity contribution in [2.24, 2.45) is 0 Å². The van der Waals surface area contributed by atoms with Gasteiger partial charge in [-0.15, -0.1) is 11.3 Å². The van der Waals surface area contributed by atoms with Crippen LogP contribution < -0.4 is 0 Å². The second-order valence-electron chi connectivity index (χ2n) is 4.00. The number of hydrogen-bond acceptors (Lipinski definition) is 2. The number of rotatable bonds is 2. The van der Waals surface area contributed by atoms with E-state index in [2.05, 4.69) is 4.98 Å². The Morgan fingerprint density at radius 3 is 2.63 bits per heavy atom. The molecule has 0 unspecified atom stereocenters. The molecule has 2 aromatic carbocycles. The summed E-state index contributed by atoms with van der Waals surface area (Å²) in [5.41, 5.74) is 1.13. The molecule has 0 radical (unpaired) electrons. The minimum absolute atomic E-state index is 0.222. The molecule has 0 aliphatic rings. The maximum absolute atomic E-state index is 13.5. The third-order valence-corrected chi connectivity index (χ3v) is 3.70. The lowest BCUT2D eigenvalue weighted by Gasteiger charge is -1.96. The van der Waals surface area contributed by atoms with Gasteiger partial charge in [-0.05, 0) is 30.4 Å². The fourth-order valence-corrected chi connectivity index (χ4v) is 2.64. The fraction of sp³-hybridized carbons (Fsp3) is 0. The molecule has 0 aliphatic carbocycles. The van der Waals surface area contributed by atoms with Gasteiger partial charge in [0.1, 0.15) is 5.01 Å². The Morgan fingerprint density at radius 1 is 0.947 bits per heavy atom. The average Bonchev–Trinajstić information content (AvgIpc) is 2.83. The predicted octanol–water partition coefficient (Wildman–Crippen LogP) is 4.74. The van der Waals surface area contributed by atoms with Crippen molar-refractivity contribution in [2.75, 3.05) is 0 Å². The summed E-state index contributed by atoms with van der Waals surface area (Å²) < 4.78 is 27.6. The zero-order valence-corrected chi connectivity index (χ0v) is 10.6. The summed E-state index contributed by atoms with van der Waals surface area (Å²) >= 11 is 1.51. The third-order valence-electron chi connectivity index (χ3n) is 2.70. The molecule has 0 atom stereocenters. The van der Waals surface area contributed by atoms with Gasteiger partial charge in [-0.2, -0.15) is 0 Å². The molecule has 0 aliphatic heterocycles. The van der Waals surface area contributed by atoms with Crippen molar-refractivity contribution in [3.05, 3.63) is 64.7 Å². The summed E-state index contributed by atoms with van der Waals surface area (Å²) in [7, 11) is 0. The van der Waals surface area contributed by atoms with Crippen LogP contribution >= 0.6 is 11.3 Å². The Hall–Kier alpha value is -2.07. The second kappa shape index (κ2) is 4.90. The molecule has 4 heteroatoms. The van der Waals surface area contributed by atoms with Crippen molar-refractivity contribution in [1.29, 1.82) is 0 Å². The topological polar surface area (TPSA) is 12.9 Å². The van der Waals surface area contributed by atoms with E-state index >= 15 is 0 Å². The summed E-state index contributed by atoms with van der Waals surface area (Å²) in [4.78, 5) is 4.40. The maximum Gasteiger partial charge on any atom is 0.166 e. The van der Waals surface area contributed by atoms with Gasteiger partial charge >= 0.3 is 0 Å². The first-order valence-electron chi connectivity index (χ1n) is 5.72. The summed E-state index contributed by atoms with van der Waals surface area (Å²) in [5.74, 6) is -1.67. The standard InChI is InChI=1S/C15H9F2NS/c16-11-5-3-4-10(15(11)17)8-9-14-18-12-6-1-2-7-13(12)19-14/h1-9H/b9-8+. The first-order chi connectivity index (χ1) is 9.24. The number of thiazole rings is 1. The molecule has 0 bridgehead atoms. The third kappa shape index (κ3) is 2.39. The summed E-state index contributed by atoms with van der Waals surface area (Å²) in [5, 5.41) is 0.768. The highest BCUT2D eigenvalue weighted by Crippen LogP contribution is 2.23. The van der Waals surface area contributed by atoms with Crippen molar-refractivity contribution in [2.45, 2.75) is 0 Å². The highest BCUT2D eigenvalue weighted by atomic mass is 32.1. The summed E-state index contributed by atoms with van der Waals surface area (Å²) in [6.45, 7) is 0. The second-order valence-corrected chi connectivity index (χ2v) is 5.06. The van der Waals surface area contributed by atoms with E-state index in [0.29, 0.717) is 0 Å². The highest BCUT2D eigenvalue weighted by Gasteiger charge is 2.05. The van der Waals surface area contributed by atoms with Crippen LogP contribution in [0.4, 0.5) is 8.78 Å². The zero-order valence-electron chi connectivity index (χ0n) is 9.81. The number of nitrogens with zero attached hydrogens (tertiary/aromatic N) is 1. The van der Waals surface area contributed by atoms with Gasteiger partial charge in [0.15, 0.2) is 11.6 Å². The van der Waals surface area contributed by atoms with E-state index in [9.17, 15) is 8.78 Å². The quantitative estimate of drug-likeness (QED) is 0.657. The molecular weight excluding hydrogens is 264 g/mol. The van der Waals surface area contributed by atoms with Crippen LogP contribution in [0.15, 0.2) is 42.5 Å². The van der Waals surface area contributed by atoms with Crippen molar-refractivity contribution < 1.29 is 8.78 Å². The number of hydrogen-bond donors (Lipinski definition) is 0. The van der Waals surface area contributed by atoms with Gasteiger partial charge < -0.3 is 0 Å².